The molecule has 0 spiro atoms. The summed E-state index contributed by atoms with van der Waals surface area (Å²) in [4.78, 5) is 8.07. The molecule has 1 N–H and O–H groups in total. The molecular formula is C14H13F2N3O. The van der Waals surface area contributed by atoms with E-state index in [1.165, 1.54) is 18.9 Å². The smallest absolute Gasteiger partial charge is 0.321 e. The summed E-state index contributed by atoms with van der Waals surface area (Å²) in [6.07, 6.45) is 5.74. The van der Waals surface area contributed by atoms with Gasteiger partial charge in [0.05, 0.1) is 0 Å². The molecule has 1 aliphatic rings. The second-order valence-electron chi connectivity index (χ2n) is 4.71. The Morgan fingerprint density at radius 3 is 2.55 bits per heavy atom. The maximum absolute atomic E-state index is 13.0. The van der Waals surface area contributed by atoms with Crippen molar-refractivity contribution < 1.29 is 13.5 Å². The average molecular weight is 277 g/mol. The number of halogens is 2. The summed E-state index contributed by atoms with van der Waals surface area (Å²) in [5, 5.41) is 3.34. The highest BCUT2D eigenvalue weighted by Crippen LogP contribution is 2.21. The maximum Gasteiger partial charge on any atom is 0.321 e. The van der Waals surface area contributed by atoms with Gasteiger partial charge in [-0.2, -0.15) is 0 Å². The van der Waals surface area contributed by atoms with E-state index >= 15 is 0 Å². The van der Waals surface area contributed by atoms with Crippen molar-refractivity contribution in [1.29, 1.82) is 0 Å². The molecule has 6 heteroatoms. The van der Waals surface area contributed by atoms with Gasteiger partial charge in [-0.15, -0.1) is 0 Å². The number of nitrogens with zero attached hydrogens (tertiary/aromatic N) is 2. The van der Waals surface area contributed by atoms with E-state index in [2.05, 4.69) is 15.3 Å². The molecule has 1 heterocycles. The number of aromatic nitrogens is 2. The average Bonchev–Trinajstić information content (AvgIpc) is 3.26. The molecule has 104 valence electrons. The lowest BCUT2D eigenvalue weighted by molar-refractivity contribution is 0.430. The molecule has 1 fully saturated rings. The van der Waals surface area contributed by atoms with Gasteiger partial charge < -0.3 is 10.1 Å². The van der Waals surface area contributed by atoms with Gasteiger partial charge >= 0.3 is 6.01 Å². The summed E-state index contributed by atoms with van der Waals surface area (Å²) in [5.41, 5.74) is 0.953. The molecule has 1 aliphatic carbocycles. The van der Waals surface area contributed by atoms with Crippen molar-refractivity contribution in [3.05, 3.63) is 47.8 Å². The van der Waals surface area contributed by atoms with Gasteiger partial charge in [0.15, 0.2) is 11.6 Å². The molecule has 4 nitrogen and oxygen atoms in total. The van der Waals surface area contributed by atoms with Crippen molar-refractivity contribution in [2.24, 2.45) is 0 Å². The fourth-order valence-electron chi connectivity index (χ4n) is 1.68. The number of ether oxygens (including phenoxy) is 1. The Morgan fingerprint density at radius 2 is 1.90 bits per heavy atom. The van der Waals surface area contributed by atoms with Gasteiger partial charge in [0.2, 0.25) is 0 Å². The molecule has 0 radical (unpaired) electrons. The fraction of sp³-hybridized carbons (Fsp3) is 0.286. The van der Waals surface area contributed by atoms with Crippen molar-refractivity contribution >= 4 is 0 Å². The maximum atomic E-state index is 13.0. The zero-order valence-corrected chi connectivity index (χ0v) is 10.6. The van der Waals surface area contributed by atoms with Crippen LogP contribution in [0.4, 0.5) is 8.78 Å². The Morgan fingerprint density at radius 1 is 1.15 bits per heavy atom. The Kier molecular flexibility index (Phi) is 3.56. The van der Waals surface area contributed by atoms with E-state index in [9.17, 15) is 8.78 Å². The monoisotopic (exact) mass is 277 g/mol. The number of benzene rings is 1. The summed E-state index contributed by atoms with van der Waals surface area (Å²) in [7, 11) is 0. The van der Waals surface area contributed by atoms with Gasteiger partial charge in [0, 0.05) is 36.6 Å². The van der Waals surface area contributed by atoms with Gasteiger partial charge in [-0.25, -0.2) is 18.7 Å². The van der Waals surface area contributed by atoms with Crippen LogP contribution in [0.3, 0.4) is 0 Å². The largest absolute Gasteiger partial charge is 0.424 e. The first kappa shape index (κ1) is 12.9. The highest BCUT2D eigenvalue weighted by molar-refractivity contribution is 5.26. The minimum absolute atomic E-state index is 0.103. The van der Waals surface area contributed by atoms with Crippen LogP contribution in [0.15, 0.2) is 30.6 Å². The van der Waals surface area contributed by atoms with E-state index < -0.39 is 11.6 Å². The van der Waals surface area contributed by atoms with Gasteiger partial charge in [-0.05, 0) is 25.0 Å². The van der Waals surface area contributed by atoms with Crippen LogP contribution in [0.25, 0.3) is 0 Å². The van der Waals surface area contributed by atoms with Crippen LogP contribution in [0, 0.1) is 11.6 Å². The zero-order valence-electron chi connectivity index (χ0n) is 10.6. The zero-order chi connectivity index (χ0) is 13.9. The lowest BCUT2D eigenvalue weighted by Crippen LogP contribution is -2.15. The van der Waals surface area contributed by atoms with Crippen molar-refractivity contribution in [3.8, 4) is 11.8 Å². The SMILES string of the molecule is Fc1ccc(Oc2ncc(CNC3CC3)cn2)cc1F. The Hall–Kier alpha value is -2.08. The molecule has 0 bridgehead atoms. The van der Waals surface area contributed by atoms with Crippen LogP contribution < -0.4 is 10.1 Å². The third kappa shape index (κ3) is 3.27. The van der Waals surface area contributed by atoms with E-state index in [-0.39, 0.29) is 11.8 Å². The first-order chi connectivity index (χ1) is 9.70. The second kappa shape index (κ2) is 5.50. The van der Waals surface area contributed by atoms with Crippen LogP contribution >= 0.6 is 0 Å². The van der Waals surface area contributed by atoms with E-state index in [4.69, 9.17) is 4.74 Å². The van der Waals surface area contributed by atoms with E-state index in [0.717, 1.165) is 24.2 Å². The summed E-state index contributed by atoms with van der Waals surface area (Å²) in [5.74, 6) is -1.72. The molecule has 1 saturated carbocycles. The molecule has 0 atom stereocenters. The summed E-state index contributed by atoms with van der Waals surface area (Å²) < 4.78 is 31.1. The van der Waals surface area contributed by atoms with Gasteiger partial charge in [0.1, 0.15) is 5.75 Å². The Balaban J connectivity index is 1.62. The van der Waals surface area contributed by atoms with Crippen molar-refractivity contribution in [1.82, 2.24) is 15.3 Å². The molecule has 0 unspecified atom stereocenters. The van der Waals surface area contributed by atoms with Gasteiger partial charge in [-0.3, -0.25) is 0 Å². The van der Waals surface area contributed by atoms with Crippen LogP contribution in [0.1, 0.15) is 18.4 Å². The number of rotatable bonds is 5. The predicted molar refractivity (Wildman–Crippen MR) is 68.3 cm³/mol. The molecule has 0 saturated heterocycles. The molecule has 0 aliphatic heterocycles. The number of hydrogen-bond acceptors (Lipinski definition) is 4. The predicted octanol–water partition coefficient (Wildman–Crippen LogP) is 2.80. The molecular weight excluding hydrogens is 264 g/mol. The molecule has 20 heavy (non-hydrogen) atoms. The lowest BCUT2D eigenvalue weighted by Gasteiger charge is -2.05. The van der Waals surface area contributed by atoms with Crippen molar-refractivity contribution in [2.75, 3.05) is 0 Å². The molecule has 1 aromatic heterocycles. The third-order valence-corrected chi connectivity index (χ3v) is 2.95. The first-order valence-corrected chi connectivity index (χ1v) is 6.38. The second-order valence-corrected chi connectivity index (χ2v) is 4.71. The van der Waals surface area contributed by atoms with Crippen LogP contribution in [-0.4, -0.2) is 16.0 Å². The van der Waals surface area contributed by atoms with E-state index in [1.54, 1.807) is 12.4 Å². The molecule has 1 aromatic carbocycles. The molecule has 0 amide bonds. The highest BCUT2D eigenvalue weighted by atomic mass is 19.2. The van der Waals surface area contributed by atoms with Crippen molar-refractivity contribution in [2.45, 2.75) is 25.4 Å². The Labute approximate surface area is 114 Å². The number of hydrogen-bond donors (Lipinski definition) is 1. The fourth-order valence-corrected chi connectivity index (χ4v) is 1.68. The summed E-state index contributed by atoms with van der Waals surface area (Å²) >= 11 is 0. The normalized spacial score (nSPS) is 14.3. The van der Waals surface area contributed by atoms with Gasteiger partial charge in [-0.1, -0.05) is 0 Å². The highest BCUT2D eigenvalue weighted by Gasteiger charge is 2.19. The first-order valence-electron chi connectivity index (χ1n) is 6.38. The third-order valence-electron chi connectivity index (χ3n) is 2.95. The summed E-state index contributed by atoms with van der Waals surface area (Å²) in [6, 6.07) is 4.00. The molecule has 3 rings (SSSR count). The minimum Gasteiger partial charge on any atom is -0.424 e. The van der Waals surface area contributed by atoms with Gasteiger partial charge in [0.25, 0.3) is 0 Å². The standard InChI is InChI=1S/C14H13F2N3O/c15-12-4-3-11(5-13(12)16)20-14-18-7-9(8-19-14)6-17-10-1-2-10/h3-5,7-8,10,17H,1-2,6H2. The number of nitrogens with one attached hydrogen (secondary N) is 1. The van der Waals surface area contributed by atoms with E-state index in [0.29, 0.717) is 6.04 Å². The quantitative estimate of drug-likeness (QED) is 0.913. The minimum atomic E-state index is -0.965. The van der Waals surface area contributed by atoms with Crippen LogP contribution in [-0.2, 0) is 6.54 Å². The van der Waals surface area contributed by atoms with Crippen molar-refractivity contribution in [3.63, 3.8) is 0 Å². The van der Waals surface area contributed by atoms with Crippen LogP contribution in [0.5, 0.6) is 11.8 Å². The Bertz CT molecular complexity index is 600. The van der Waals surface area contributed by atoms with Crippen LogP contribution in [0.2, 0.25) is 0 Å². The van der Waals surface area contributed by atoms with E-state index in [1.807, 2.05) is 0 Å². The molecule has 2 aromatic rings. The summed E-state index contributed by atoms with van der Waals surface area (Å²) in [6.45, 7) is 0.718. The lowest BCUT2D eigenvalue weighted by atomic mass is 10.3. The topological polar surface area (TPSA) is 47.0 Å².